The number of nitrogens with zero attached hydrogens (tertiary/aromatic N) is 8. The predicted octanol–water partition coefficient (Wildman–Crippen LogP) is 2.81. The van der Waals surface area contributed by atoms with Crippen LogP contribution in [-0.2, 0) is 14.3 Å². The van der Waals surface area contributed by atoms with Crippen molar-refractivity contribution in [2.75, 3.05) is 49.7 Å². The lowest BCUT2D eigenvalue weighted by Gasteiger charge is -2.49. The SMILES string of the molecule is CC(=O)N1[C@@H]2COC[C@H]1CN(c1nnc(-c3cnc(-c4ccc5cc(C#N)cnn45)cc3NC3CCOCC3)s1)C2. The highest BCUT2D eigenvalue weighted by molar-refractivity contribution is 7.18. The highest BCUT2D eigenvalue weighted by Gasteiger charge is 2.40. The molecule has 7 rings (SSSR count). The summed E-state index contributed by atoms with van der Waals surface area (Å²) in [5.74, 6) is 0.0902. The third-order valence-corrected chi connectivity index (χ3v) is 8.94. The molecule has 1 amide bonds. The van der Waals surface area contributed by atoms with Crippen LogP contribution in [-0.4, -0.2) is 93.2 Å². The van der Waals surface area contributed by atoms with Gasteiger partial charge in [-0.1, -0.05) is 11.3 Å². The second kappa shape index (κ2) is 10.7. The number of pyridine rings is 1. The van der Waals surface area contributed by atoms with Crippen LogP contribution >= 0.6 is 11.3 Å². The number of nitriles is 1. The molecule has 4 aromatic heterocycles. The first-order chi connectivity index (χ1) is 20.1. The summed E-state index contributed by atoms with van der Waals surface area (Å²) in [6.45, 7) is 5.47. The number of anilines is 2. The maximum Gasteiger partial charge on any atom is 0.220 e. The largest absolute Gasteiger partial charge is 0.381 e. The summed E-state index contributed by atoms with van der Waals surface area (Å²) in [5, 5.41) is 28.2. The van der Waals surface area contributed by atoms with Crippen LogP contribution in [0.25, 0.3) is 27.5 Å². The van der Waals surface area contributed by atoms with E-state index in [9.17, 15) is 10.1 Å². The number of carbonyl (C=O) groups is 1. The molecule has 3 fully saturated rings. The number of ether oxygens (including phenoxy) is 2. The fourth-order valence-electron chi connectivity index (χ4n) is 5.99. The van der Waals surface area contributed by atoms with Crippen LogP contribution < -0.4 is 10.2 Å². The molecule has 41 heavy (non-hydrogen) atoms. The maximum atomic E-state index is 12.2. The fourth-order valence-corrected chi connectivity index (χ4v) is 6.87. The molecule has 2 atom stereocenters. The lowest BCUT2D eigenvalue weighted by atomic mass is 10.0. The van der Waals surface area contributed by atoms with Crippen LogP contribution in [0.5, 0.6) is 0 Å². The van der Waals surface area contributed by atoms with Crippen molar-refractivity contribution in [1.29, 1.82) is 5.26 Å². The minimum absolute atomic E-state index is 0.00812. The summed E-state index contributed by atoms with van der Waals surface area (Å²) >= 11 is 1.53. The number of rotatable bonds is 5. The molecular weight excluding hydrogens is 542 g/mol. The maximum absolute atomic E-state index is 12.2. The molecule has 0 unspecified atom stereocenters. The van der Waals surface area contributed by atoms with Gasteiger partial charge in [0.15, 0.2) is 5.01 Å². The molecule has 0 radical (unpaired) electrons. The zero-order valence-electron chi connectivity index (χ0n) is 22.6. The van der Waals surface area contributed by atoms with Gasteiger partial charge < -0.3 is 24.6 Å². The van der Waals surface area contributed by atoms with Crippen molar-refractivity contribution in [1.82, 2.24) is 29.7 Å². The monoisotopic (exact) mass is 571 g/mol. The number of fused-ring (bicyclic) bond motifs is 3. The van der Waals surface area contributed by atoms with Crippen LogP contribution in [0.1, 0.15) is 25.3 Å². The molecule has 0 spiro atoms. The lowest BCUT2D eigenvalue weighted by molar-refractivity contribution is -0.144. The number of hydrogen-bond acceptors (Lipinski definition) is 11. The summed E-state index contributed by atoms with van der Waals surface area (Å²) < 4.78 is 13.1. The van der Waals surface area contributed by atoms with E-state index in [2.05, 4.69) is 31.6 Å². The summed E-state index contributed by atoms with van der Waals surface area (Å²) in [6, 6.07) is 10.2. The van der Waals surface area contributed by atoms with Gasteiger partial charge >= 0.3 is 0 Å². The summed E-state index contributed by atoms with van der Waals surface area (Å²) in [5.41, 5.74) is 4.76. The average molecular weight is 572 g/mol. The number of morpholine rings is 1. The smallest absolute Gasteiger partial charge is 0.220 e. The Morgan fingerprint density at radius 2 is 1.90 bits per heavy atom. The summed E-state index contributed by atoms with van der Waals surface area (Å²) in [7, 11) is 0. The summed E-state index contributed by atoms with van der Waals surface area (Å²) in [4.78, 5) is 21.2. The van der Waals surface area contributed by atoms with Crippen LogP contribution in [0.4, 0.5) is 10.8 Å². The second-order valence-corrected chi connectivity index (χ2v) is 11.6. The standard InChI is InChI=1S/C28H29N9O3S/c1-17(38)36-21-13-35(14-22(36)16-40-15-21)28-34-33-27(41-28)23-12-30-25(9-24(23)32-19-4-6-39-7-5-19)26-3-2-20-8-18(10-29)11-31-37(20)26/h2-3,8-9,11-12,19,21-22H,4-7,13-16H2,1H3,(H,30,32)/t21-,22+. The van der Waals surface area contributed by atoms with Crippen molar-refractivity contribution >= 4 is 33.6 Å². The van der Waals surface area contributed by atoms with Gasteiger partial charge in [0, 0.05) is 51.2 Å². The Labute approximate surface area is 240 Å². The van der Waals surface area contributed by atoms with E-state index >= 15 is 0 Å². The first-order valence-electron chi connectivity index (χ1n) is 13.8. The topological polar surface area (TPSA) is 134 Å². The molecule has 13 heteroatoms. The van der Waals surface area contributed by atoms with Crippen molar-refractivity contribution in [3.63, 3.8) is 0 Å². The van der Waals surface area contributed by atoms with E-state index in [0.717, 1.165) is 64.3 Å². The van der Waals surface area contributed by atoms with Gasteiger partial charge in [0.1, 0.15) is 6.07 Å². The van der Waals surface area contributed by atoms with E-state index in [-0.39, 0.29) is 24.0 Å². The van der Waals surface area contributed by atoms with E-state index in [1.54, 1.807) is 17.6 Å². The molecule has 3 aliphatic rings. The van der Waals surface area contributed by atoms with Crippen LogP contribution in [0, 0.1) is 11.3 Å². The van der Waals surface area contributed by atoms with Crippen LogP contribution in [0.3, 0.4) is 0 Å². The molecule has 12 nitrogen and oxygen atoms in total. The zero-order valence-corrected chi connectivity index (χ0v) is 23.4. The van der Waals surface area contributed by atoms with E-state index < -0.39 is 0 Å². The van der Waals surface area contributed by atoms with Gasteiger partial charge in [-0.25, -0.2) is 4.52 Å². The Bertz CT molecular complexity index is 1630. The third-order valence-electron chi connectivity index (χ3n) is 7.93. The Kier molecular flexibility index (Phi) is 6.74. The van der Waals surface area contributed by atoms with Crippen LogP contribution in [0.15, 0.2) is 36.7 Å². The number of hydrogen-bond donors (Lipinski definition) is 1. The zero-order chi connectivity index (χ0) is 27.9. The first-order valence-corrected chi connectivity index (χ1v) is 14.6. The highest BCUT2D eigenvalue weighted by atomic mass is 32.1. The van der Waals surface area contributed by atoms with Gasteiger partial charge in [-0.15, -0.1) is 10.2 Å². The quantitative estimate of drug-likeness (QED) is 0.381. The van der Waals surface area contributed by atoms with Gasteiger partial charge in [-0.2, -0.15) is 10.4 Å². The third kappa shape index (κ3) is 4.88. The molecule has 0 saturated carbocycles. The normalized spacial score (nSPS) is 21.2. The number of nitrogens with one attached hydrogen (secondary N) is 1. The molecule has 0 aromatic carbocycles. The van der Waals surface area contributed by atoms with Crippen molar-refractivity contribution in [3.05, 3.63) is 42.2 Å². The van der Waals surface area contributed by atoms with Crippen molar-refractivity contribution in [2.24, 2.45) is 0 Å². The second-order valence-electron chi connectivity index (χ2n) is 10.6. The van der Waals surface area contributed by atoms with E-state index in [1.807, 2.05) is 35.4 Å². The molecule has 3 saturated heterocycles. The average Bonchev–Trinajstić information content (AvgIpc) is 3.64. The molecule has 0 aliphatic carbocycles. The number of aromatic nitrogens is 5. The van der Waals surface area contributed by atoms with Crippen molar-refractivity contribution in [3.8, 4) is 28.0 Å². The molecule has 2 bridgehead atoms. The minimum Gasteiger partial charge on any atom is -0.381 e. The van der Waals surface area contributed by atoms with E-state index in [4.69, 9.17) is 14.5 Å². The Morgan fingerprint density at radius 1 is 1.10 bits per heavy atom. The van der Waals surface area contributed by atoms with Gasteiger partial charge in [0.25, 0.3) is 0 Å². The Morgan fingerprint density at radius 3 is 2.66 bits per heavy atom. The number of carbonyl (C=O) groups excluding carboxylic acids is 1. The summed E-state index contributed by atoms with van der Waals surface area (Å²) in [6.07, 6.45) is 5.23. The van der Waals surface area contributed by atoms with Crippen molar-refractivity contribution in [2.45, 2.75) is 37.9 Å². The van der Waals surface area contributed by atoms with Crippen LogP contribution in [0.2, 0.25) is 0 Å². The van der Waals surface area contributed by atoms with Gasteiger partial charge in [-0.3, -0.25) is 9.78 Å². The van der Waals surface area contributed by atoms with Gasteiger partial charge in [0.2, 0.25) is 11.0 Å². The first kappa shape index (κ1) is 25.8. The fraction of sp³-hybridized carbons (Fsp3) is 0.429. The number of amides is 1. The molecule has 4 aromatic rings. The van der Waals surface area contributed by atoms with E-state index in [0.29, 0.717) is 31.9 Å². The molecule has 3 aliphatic heterocycles. The molecular formula is C28H29N9O3S. The van der Waals surface area contributed by atoms with Gasteiger partial charge in [0.05, 0.1) is 59.5 Å². The number of piperazine rings is 1. The van der Waals surface area contributed by atoms with Crippen molar-refractivity contribution < 1.29 is 14.3 Å². The van der Waals surface area contributed by atoms with E-state index in [1.165, 1.54) is 11.3 Å². The minimum atomic E-state index is 0.00812. The highest BCUT2D eigenvalue weighted by Crippen LogP contribution is 2.37. The predicted molar refractivity (Wildman–Crippen MR) is 153 cm³/mol. The van der Waals surface area contributed by atoms with Gasteiger partial charge in [-0.05, 0) is 37.1 Å². The molecule has 7 heterocycles. The Balaban J connectivity index is 1.21. The lowest BCUT2D eigenvalue weighted by Crippen LogP contribution is -2.65. The molecule has 1 N–H and O–H groups in total. The Hall–Kier alpha value is -4.12. The molecule has 210 valence electrons.